The Morgan fingerprint density at radius 2 is 2.06 bits per heavy atom. The predicted octanol–water partition coefficient (Wildman–Crippen LogP) is 3.67. The maximum absolute atomic E-state index is 12.7. The minimum Gasteiger partial charge on any atom is -0.387 e. The molecule has 0 fully saturated rings. The number of pyridine rings is 1. The van der Waals surface area contributed by atoms with Gasteiger partial charge in [-0.3, -0.25) is 0 Å². The van der Waals surface area contributed by atoms with Crippen LogP contribution in [0, 0.1) is 6.92 Å². The number of nitrogens with one attached hydrogen (secondary N) is 1. The number of thiophene rings is 1. The summed E-state index contributed by atoms with van der Waals surface area (Å²) in [5, 5.41) is 4.54. The molecule has 16 heavy (non-hydrogen) atoms. The Hall–Kier alpha value is -1.30. The molecule has 0 bridgehead atoms. The molecular weight excluding hydrogens is 237 g/mol. The first-order valence-electron chi connectivity index (χ1n) is 4.58. The Labute approximate surface area is 94.1 Å². The molecule has 0 radical (unpaired) electrons. The summed E-state index contributed by atoms with van der Waals surface area (Å²) in [6.45, 7) is 1.43. The highest BCUT2D eigenvalue weighted by molar-refractivity contribution is 7.17. The van der Waals surface area contributed by atoms with Gasteiger partial charge in [-0.2, -0.15) is 13.2 Å². The molecule has 0 aromatic carbocycles. The van der Waals surface area contributed by atoms with E-state index in [-0.39, 0.29) is 5.56 Å². The van der Waals surface area contributed by atoms with Crippen molar-refractivity contribution in [3.8, 4) is 0 Å². The molecule has 2 aromatic heterocycles. The number of nitrogens with zero attached hydrogens (tertiary/aromatic N) is 1. The molecule has 2 aromatic rings. The number of fused-ring (bicyclic) bond motifs is 1. The zero-order valence-electron chi connectivity index (χ0n) is 8.64. The second kappa shape index (κ2) is 3.62. The van der Waals surface area contributed by atoms with E-state index in [1.165, 1.54) is 18.3 Å². The van der Waals surface area contributed by atoms with Gasteiger partial charge in [0.1, 0.15) is 5.69 Å². The first kappa shape index (κ1) is 11.2. The van der Waals surface area contributed by atoms with E-state index >= 15 is 0 Å². The molecule has 0 atom stereocenters. The number of alkyl halides is 3. The zero-order valence-corrected chi connectivity index (χ0v) is 9.46. The number of hydrogen-bond acceptors (Lipinski definition) is 3. The van der Waals surface area contributed by atoms with Gasteiger partial charge in [-0.25, -0.2) is 4.98 Å². The molecule has 0 spiro atoms. The van der Waals surface area contributed by atoms with Gasteiger partial charge in [-0.05, 0) is 18.4 Å². The highest BCUT2D eigenvalue weighted by atomic mass is 32.1. The second-order valence-electron chi connectivity index (χ2n) is 3.34. The fourth-order valence-electron chi connectivity index (χ4n) is 1.65. The summed E-state index contributed by atoms with van der Waals surface area (Å²) in [6, 6.07) is 1.59. The molecule has 0 aliphatic carbocycles. The van der Waals surface area contributed by atoms with E-state index in [1.54, 1.807) is 18.5 Å². The molecule has 0 aliphatic heterocycles. The molecular formula is C10H9F3N2S. The predicted molar refractivity (Wildman–Crippen MR) is 58.9 cm³/mol. The van der Waals surface area contributed by atoms with Crippen LogP contribution in [0.15, 0.2) is 11.4 Å². The molecule has 2 heterocycles. The molecule has 6 heteroatoms. The van der Waals surface area contributed by atoms with Gasteiger partial charge in [0, 0.05) is 12.6 Å². The number of anilines is 1. The van der Waals surface area contributed by atoms with Crippen LogP contribution in [0.2, 0.25) is 0 Å². The van der Waals surface area contributed by atoms with Crippen LogP contribution >= 0.6 is 11.3 Å². The van der Waals surface area contributed by atoms with E-state index in [4.69, 9.17) is 0 Å². The third-order valence-corrected chi connectivity index (χ3v) is 3.27. The second-order valence-corrected chi connectivity index (χ2v) is 4.26. The minimum atomic E-state index is -4.41. The van der Waals surface area contributed by atoms with Crippen LogP contribution in [0.3, 0.4) is 0 Å². The lowest BCUT2D eigenvalue weighted by Crippen LogP contribution is -2.12. The quantitative estimate of drug-likeness (QED) is 0.830. The van der Waals surface area contributed by atoms with Crippen molar-refractivity contribution in [2.75, 3.05) is 12.4 Å². The largest absolute Gasteiger partial charge is 0.433 e. The first-order valence-corrected chi connectivity index (χ1v) is 5.46. The van der Waals surface area contributed by atoms with Crippen molar-refractivity contribution < 1.29 is 13.2 Å². The van der Waals surface area contributed by atoms with E-state index in [1.807, 2.05) is 0 Å². The molecule has 1 N–H and O–H groups in total. The summed E-state index contributed by atoms with van der Waals surface area (Å²) >= 11 is 1.38. The molecule has 0 amide bonds. The minimum absolute atomic E-state index is 0.143. The Morgan fingerprint density at radius 1 is 1.38 bits per heavy atom. The van der Waals surface area contributed by atoms with Crippen LogP contribution in [0.25, 0.3) is 10.2 Å². The van der Waals surface area contributed by atoms with Gasteiger partial charge in [0.25, 0.3) is 0 Å². The normalized spacial score (nSPS) is 12.1. The first-order chi connectivity index (χ1) is 7.45. The van der Waals surface area contributed by atoms with Crippen molar-refractivity contribution in [3.05, 3.63) is 22.7 Å². The fourth-order valence-corrected chi connectivity index (χ4v) is 2.59. The summed E-state index contributed by atoms with van der Waals surface area (Å²) in [5.41, 5.74) is 0.215. The van der Waals surface area contributed by atoms with Crippen LogP contribution < -0.4 is 5.32 Å². The van der Waals surface area contributed by atoms with Crippen LogP contribution in [-0.4, -0.2) is 12.0 Å². The van der Waals surface area contributed by atoms with Crippen molar-refractivity contribution in [1.29, 1.82) is 0 Å². The Balaban J connectivity index is 2.81. The van der Waals surface area contributed by atoms with Gasteiger partial charge in [-0.15, -0.1) is 11.3 Å². The Morgan fingerprint density at radius 3 is 2.62 bits per heavy atom. The number of hydrogen-bond donors (Lipinski definition) is 1. The van der Waals surface area contributed by atoms with Crippen LogP contribution in [0.4, 0.5) is 18.9 Å². The highest BCUT2D eigenvalue weighted by Gasteiger charge is 2.36. The average molecular weight is 246 g/mol. The molecule has 86 valence electrons. The molecule has 0 saturated heterocycles. The third-order valence-electron chi connectivity index (χ3n) is 2.35. The fraction of sp³-hybridized carbons (Fsp3) is 0.300. The SMILES string of the molecule is CNc1c(C)c(C(F)(F)F)nc2ccsc12. The highest BCUT2D eigenvalue weighted by Crippen LogP contribution is 2.38. The van der Waals surface area contributed by atoms with Crippen molar-refractivity contribution in [2.45, 2.75) is 13.1 Å². The van der Waals surface area contributed by atoms with Gasteiger partial charge in [0.15, 0.2) is 0 Å². The standard InChI is InChI=1S/C10H9F3N2S/c1-5-7(14-2)8-6(3-4-16-8)15-9(5)10(11,12)13/h3-4H,1-2H3,(H,14,15). The molecule has 0 aliphatic rings. The molecule has 0 unspecified atom stereocenters. The van der Waals surface area contributed by atoms with Gasteiger partial charge in [0.2, 0.25) is 0 Å². The molecule has 2 nitrogen and oxygen atoms in total. The van der Waals surface area contributed by atoms with Crippen molar-refractivity contribution in [1.82, 2.24) is 4.98 Å². The van der Waals surface area contributed by atoms with E-state index in [9.17, 15) is 13.2 Å². The lowest BCUT2D eigenvalue weighted by atomic mass is 10.1. The van der Waals surface area contributed by atoms with Gasteiger partial charge in [0.05, 0.1) is 15.9 Å². The van der Waals surface area contributed by atoms with Crippen LogP contribution in [0.1, 0.15) is 11.3 Å². The van der Waals surface area contributed by atoms with E-state index in [0.29, 0.717) is 11.2 Å². The summed E-state index contributed by atoms with van der Waals surface area (Å²) in [6.07, 6.45) is -4.41. The summed E-state index contributed by atoms with van der Waals surface area (Å²) < 4.78 is 38.9. The lowest BCUT2D eigenvalue weighted by molar-refractivity contribution is -0.141. The topological polar surface area (TPSA) is 24.9 Å². The number of aromatic nitrogens is 1. The number of halogens is 3. The van der Waals surface area contributed by atoms with Gasteiger partial charge >= 0.3 is 6.18 Å². The van der Waals surface area contributed by atoms with Crippen LogP contribution in [-0.2, 0) is 6.18 Å². The van der Waals surface area contributed by atoms with Crippen LogP contribution in [0.5, 0.6) is 0 Å². The maximum Gasteiger partial charge on any atom is 0.433 e. The maximum atomic E-state index is 12.7. The smallest absolute Gasteiger partial charge is 0.387 e. The van der Waals surface area contributed by atoms with Crippen molar-refractivity contribution >= 4 is 27.2 Å². The van der Waals surface area contributed by atoms with Crippen molar-refractivity contribution in [3.63, 3.8) is 0 Å². The van der Waals surface area contributed by atoms with Gasteiger partial charge in [-0.1, -0.05) is 0 Å². The van der Waals surface area contributed by atoms with E-state index in [2.05, 4.69) is 10.3 Å². The molecule has 2 rings (SSSR count). The van der Waals surface area contributed by atoms with Crippen molar-refractivity contribution in [2.24, 2.45) is 0 Å². The zero-order chi connectivity index (χ0) is 11.9. The van der Waals surface area contributed by atoms with Gasteiger partial charge < -0.3 is 5.32 Å². The van der Waals surface area contributed by atoms with E-state index < -0.39 is 11.9 Å². The summed E-state index contributed by atoms with van der Waals surface area (Å²) in [7, 11) is 1.61. The summed E-state index contributed by atoms with van der Waals surface area (Å²) in [5.74, 6) is 0. The summed E-state index contributed by atoms with van der Waals surface area (Å²) in [4.78, 5) is 3.66. The lowest BCUT2D eigenvalue weighted by Gasteiger charge is -2.13. The molecule has 0 saturated carbocycles. The number of rotatable bonds is 1. The van der Waals surface area contributed by atoms with E-state index in [0.717, 1.165) is 4.70 Å². The Bertz CT molecular complexity index is 531. The Kier molecular flexibility index (Phi) is 2.53. The third kappa shape index (κ3) is 1.63. The monoisotopic (exact) mass is 246 g/mol. The average Bonchev–Trinajstić information content (AvgIpc) is 2.62.